The summed E-state index contributed by atoms with van der Waals surface area (Å²) in [6.07, 6.45) is 9.86. The van der Waals surface area contributed by atoms with Crippen molar-refractivity contribution in [1.82, 2.24) is 24.4 Å². The highest BCUT2D eigenvalue weighted by Gasteiger charge is 2.15. The van der Waals surface area contributed by atoms with E-state index in [1.165, 1.54) is 0 Å². The summed E-state index contributed by atoms with van der Waals surface area (Å²) in [5, 5.41) is 2.94. The van der Waals surface area contributed by atoms with Crippen molar-refractivity contribution in [3.63, 3.8) is 0 Å². The number of imidazole rings is 2. The van der Waals surface area contributed by atoms with E-state index in [0.29, 0.717) is 6.54 Å². The van der Waals surface area contributed by atoms with Crippen molar-refractivity contribution in [1.29, 1.82) is 0 Å². The summed E-state index contributed by atoms with van der Waals surface area (Å²) in [7, 11) is 0. The van der Waals surface area contributed by atoms with E-state index in [1.807, 2.05) is 35.4 Å². The maximum Gasteiger partial charge on any atom is 0.242 e. The zero-order chi connectivity index (χ0) is 13.7. The second kappa shape index (κ2) is 6.17. The zero-order valence-corrected chi connectivity index (χ0v) is 11.3. The number of nitrogens with zero attached hydrogens (tertiary/aromatic N) is 4. The summed E-state index contributed by atoms with van der Waals surface area (Å²) in [6, 6.07) is -0.226. The fourth-order valence-corrected chi connectivity index (χ4v) is 1.96. The van der Waals surface area contributed by atoms with E-state index in [-0.39, 0.29) is 11.9 Å². The Morgan fingerprint density at radius 1 is 1.42 bits per heavy atom. The largest absolute Gasteiger partial charge is 0.354 e. The number of carbonyl (C=O) groups is 1. The number of nitrogens with one attached hydrogen (secondary N) is 1. The third kappa shape index (κ3) is 3.43. The molecule has 6 nitrogen and oxygen atoms in total. The van der Waals surface area contributed by atoms with E-state index in [1.54, 1.807) is 18.7 Å². The number of aromatic nitrogens is 4. The molecule has 0 saturated carbocycles. The molecule has 6 heteroatoms. The van der Waals surface area contributed by atoms with Gasteiger partial charge in [0.2, 0.25) is 5.91 Å². The second-order valence-electron chi connectivity index (χ2n) is 4.50. The summed E-state index contributed by atoms with van der Waals surface area (Å²) in [6.45, 7) is 5.29. The van der Waals surface area contributed by atoms with Gasteiger partial charge in [0.05, 0.1) is 6.33 Å². The number of carbonyl (C=O) groups excluding carboxylic acids is 1. The van der Waals surface area contributed by atoms with Gasteiger partial charge in [-0.3, -0.25) is 4.79 Å². The lowest BCUT2D eigenvalue weighted by Crippen LogP contribution is -2.32. The van der Waals surface area contributed by atoms with Gasteiger partial charge in [0, 0.05) is 37.9 Å². The van der Waals surface area contributed by atoms with Crippen LogP contribution in [0.25, 0.3) is 0 Å². The molecule has 0 spiro atoms. The van der Waals surface area contributed by atoms with Gasteiger partial charge in [-0.25, -0.2) is 9.97 Å². The summed E-state index contributed by atoms with van der Waals surface area (Å²) in [5.74, 6) is 0.868. The van der Waals surface area contributed by atoms with Crippen LogP contribution in [0.15, 0.2) is 31.1 Å². The molecule has 0 aliphatic rings. The smallest absolute Gasteiger partial charge is 0.242 e. The van der Waals surface area contributed by atoms with Crippen LogP contribution in [0.5, 0.6) is 0 Å². The van der Waals surface area contributed by atoms with Crippen LogP contribution >= 0.6 is 0 Å². The van der Waals surface area contributed by atoms with E-state index in [0.717, 1.165) is 18.8 Å². The van der Waals surface area contributed by atoms with Gasteiger partial charge in [-0.05, 0) is 20.3 Å². The fourth-order valence-electron chi connectivity index (χ4n) is 1.96. The number of amides is 1. The van der Waals surface area contributed by atoms with E-state index in [9.17, 15) is 4.79 Å². The Balaban J connectivity index is 1.74. The predicted molar refractivity (Wildman–Crippen MR) is 71.5 cm³/mol. The first-order chi connectivity index (χ1) is 9.18. The molecule has 0 unspecified atom stereocenters. The number of rotatable bonds is 6. The zero-order valence-electron chi connectivity index (χ0n) is 11.3. The van der Waals surface area contributed by atoms with Crippen LogP contribution < -0.4 is 5.32 Å². The predicted octanol–water partition coefficient (Wildman–Crippen LogP) is 1.16. The minimum atomic E-state index is -0.226. The van der Waals surface area contributed by atoms with Gasteiger partial charge in [-0.1, -0.05) is 0 Å². The van der Waals surface area contributed by atoms with Gasteiger partial charge in [-0.15, -0.1) is 0 Å². The third-order valence-corrected chi connectivity index (χ3v) is 3.11. The Morgan fingerprint density at radius 2 is 2.26 bits per heavy atom. The Kier molecular flexibility index (Phi) is 4.33. The average Bonchev–Trinajstić information content (AvgIpc) is 3.04. The lowest BCUT2D eigenvalue weighted by atomic mass is 10.3. The Hall–Kier alpha value is -2.11. The lowest BCUT2D eigenvalue weighted by molar-refractivity contribution is -0.123. The minimum Gasteiger partial charge on any atom is -0.354 e. The van der Waals surface area contributed by atoms with Crippen molar-refractivity contribution in [3.05, 3.63) is 36.9 Å². The van der Waals surface area contributed by atoms with Crippen LogP contribution in [0.4, 0.5) is 0 Å². The third-order valence-electron chi connectivity index (χ3n) is 3.11. The topological polar surface area (TPSA) is 64.7 Å². The summed E-state index contributed by atoms with van der Waals surface area (Å²) in [4.78, 5) is 20.1. The van der Waals surface area contributed by atoms with Gasteiger partial charge in [0.15, 0.2) is 0 Å². The molecule has 0 saturated heterocycles. The minimum absolute atomic E-state index is 0.0201. The Labute approximate surface area is 112 Å². The second-order valence-corrected chi connectivity index (χ2v) is 4.50. The van der Waals surface area contributed by atoms with Crippen LogP contribution in [0.2, 0.25) is 0 Å². The lowest BCUT2D eigenvalue weighted by Gasteiger charge is -2.15. The van der Waals surface area contributed by atoms with Crippen molar-refractivity contribution in [3.8, 4) is 0 Å². The first-order valence-electron chi connectivity index (χ1n) is 6.41. The van der Waals surface area contributed by atoms with Gasteiger partial charge < -0.3 is 14.5 Å². The molecule has 2 rings (SSSR count). The Morgan fingerprint density at radius 3 is 2.89 bits per heavy atom. The van der Waals surface area contributed by atoms with Gasteiger partial charge >= 0.3 is 0 Å². The maximum atomic E-state index is 12.0. The summed E-state index contributed by atoms with van der Waals surface area (Å²) in [5.41, 5.74) is 0. The molecule has 2 aromatic rings. The van der Waals surface area contributed by atoms with E-state index < -0.39 is 0 Å². The average molecular weight is 261 g/mol. The van der Waals surface area contributed by atoms with Crippen LogP contribution in [0.1, 0.15) is 25.2 Å². The highest BCUT2D eigenvalue weighted by Crippen LogP contribution is 2.08. The van der Waals surface area contributed by atoms with E-state index in [4.69, 9.17) is 0 Å². The molecule has 0 aromatic carbocycles. The van der Waals surface area contributed by atoms with Crippen molar-refractivity contribution < 1.29 is 4.79 Å². The number of hydrogen-bond acceptors (Lipinski definition) is 3. The molecule has 2 heterocycles. The van der Waals surface area contributed by atoms with Crippen LogP contribution in [-0.2, 0) is 11.3 Å². The monoisotopic (exact) mass is 261 g/mol. The van der Waals surface area contributed by atoms with Crippen LogP contribution in [0.3, 0.4) is 0 Å². The highest BCUT2D eigenvalue weighted by molar-refractivity contribution is 5.79. The summed E-state index contributed by atoms with van der Waals surface area (Å²) < 4.78 is 3.86. The molecule has 102 valence electrons. The molecule has 0 bridgehead atoms. The highest BCUT2D eigenvalue weighted by atomic mass is 16.2. The molecular formula is C13H19N5O. The normalized spacial score (nSPS) is 12.3. The van der Waals surface area contributed by atoms with Crippen molar-refractivity contribution >= 4 is 5.91 Å². The van der Waals surface area contributed by atoms with Crippen molar-refractivity contribution in [2.75, 3.05) is 6.54 Å². The van der Waals surface area contributed by atoms with Gasteiger partial charge in [0.1, 0.15) is 11.9 Å². The van der Waals surface area contributed by atoms with E-state index >= 15 is 0 Å². The van der Waals surface area contributed by atoms with Gasteiger partial charge in [0.25, 0.3) is 0 Å². The molecular weight excluding hydrogens is 242 g/mol. The Bertz CT molecular complexity index is 517. The van der Waals surface area contributed by atoms with Crippen LogP contribution in [-0.4, -0.2) is 31.6 Å². The van der Waals surface area contributed by atoms with Crippen molar-refractivity contribution in [2.45, 2.75) is 32.9 Å². The quantitative estimate of drug-likeness (QED) is 0.793. The SMILES string of the molecule is Cc1nccn1[C@H](C)C(=O)NCCCn1ccnc1. The molecule has 1 amide bonds. The molecule has 19 heavy (non-hydrogen) atoms. The molecule has 2 aromatic heterocycles. The molecule has 0 aliphatic heterocycles. The number of aryl methyl sites for hydroxylation is 2. The summed E-state index contributed by atoms with van der Waals surface area (Å²) >= 11 is 0. The molecule has 1 atom stereocenters. The standard InChI is InChI=1S/C13H19N5O/c1-11(18-9-6-15-12(18)2)13(19)16-4-3-7-17-8-5-14-10-17/h5-6,8-11H,3-4,7H2,1-2H3,(H,16,19)/t11-/m1/s1. The van der Waals surface area contributed by atoms with Crippen molar-refractivity contribution in [2.24, 2.45) is 0 Å². The molecule has 1 N–H and O–H groups in total. The maximum absolute atomic E-state index is 12.0. The first-order valence-corrected chi connectivity index (χ1v) is 6.41. The van der Waals surface area contributed by atoms with Crippen LogP contribution in [0, 0.1) is 6.92 Å². The van der Waals surface area contributed by atoms with Gasteiger partial charge in [-0.2, -0.15) is 0 Å². The molecule has 0 fully saturated rings. The number of hydrogen-bond donors (Lipinski definition) is 1. The molecule has 0 aliphatic carbocycles. The first kappa shape index (κ1) is 13.3. The molecule has 0 radical (unpaired) electrons. The van der Waals surface area contributed by atoms with E-state index in [2.05, 4.69) is 15.3 Å². The fraction of sp³-hybridized carbons (Fsp3) is 0.462.